The molecule has 2 heterocycles. The summed E-state index contributed by atoms with van der Waals surface area (Å²) in [6.45, 7) is 1.41. The van der Waals surface area contributed by atoms with Crippen LogP contribution in [0.25, 0.3) is 0 Å². The van der Waals surface area contributed by atoms with Crippen molar-refractivity contribution in [3.8, 4) is 0 Å². The number of carbonyl (C=O) groups excluding carboxylic acids is 3. The topological polar surface area (TPSA) is 105 Å². The van der Waals surface area contributed by atoms with Crippen LogP contribution >= 0.6 is 11.8 Å². The minimum Gasteiger partial charge on any atom is -0.370 e. The molecule has 2 aromatic carbocycles. The quantitative estimate of drug-likeness (QED) is 0.685. The van der Waals surface area contributed by atoms with Crippen LogP contribution in [0.1, 0.15) is 19.3 Å². The second kappa shape index (κ2) is 8.79. The van der Waals surface area contributed by atoms with Crippen LogP contribution in [0.15, 0.2) is 53.4 Å². The van der Waals surface area contributed by atoms with Crippen LogP contribution in [-0.2, 0) is 14.4 Å². The van der Waals surface area contributed by atoms with Gasteiger partial charge in [-0.25, -0.2) is 0 Å². The van der Waals surface area contributed by atoms with Gasteiger partial charge in [0.25, 0.3) is 0 Å². The van der Waals surface area contributed by atoms with Crippen LogP contribution in [0.5, 0.6) is 0 Å². The summed E-state index contributed by atoms with van der Waals surface area (Å²) in [5.41, 5.74) is 7.84. The zero-order valence-electron chi connectivity index (χ0n) is 16.5. The number of primary amides is 1. The second-order valence-corrected chi connectivity index (χ2v) is 8.77. The summed E-state index contributed by atoms with van der Waals surface area (Å²) in [6.07, 6.45) is 1.49. The van der Waals surface area contributed by atoms with E-state index in [9.17, 15) is 14.4 Å². The maximum absolute atomic E-state index is 12.7. The number of carbonyl (C=O) groups is 3. The maximum Gasteiger partial charge on any atom is 0.238 e. The van der Waals surface area contributed by atoms with Crippen molar-refractivity contribution in [3.63, 3.8) is 0 Å². The molecular weight excluding hydrogens is 400 g/mol. The van der Waals surface area contributed by atoms with E-state index in [-0.39, 0.29) is 30.1 Å². The molecule has 0 saturated carbocycles. The number of nitrogens with two attached hydrogens (primary N) is 1. The summed E-state index contributed by atoms with van der Waals surface area (Å²) >= 11 is 1.41. The van der Waals surface area contributed by atoms with Gasteiger partial charge in [0.2, 0.25) is 17.7 Å². The lowest BCUT2D eigenvalue weighted by atomic mass is 9.96. The predicted molar refractivity (Wildman–Crippen MR) is 119 cm³/mol. The number of hydrogen-bond donors (Lipinski definition) is 3. The number of para-hydroxylation sites is 3. The molecule has 3 amide bonds. The number of hydrogen-bond acceptors (Lipinski definition) is 5. The zero-order chi connectivity index (χ0) is 21.1. The SMILES string of the molecule is NC(=O)C1CCN(c2ccccc2NC(=O)CC2Sc3ccccc3NC2=O)CC1. The van der Waals surface area contributed by atoms with E-state index < -0.39 is 5.25 Å². The predicted octanol–water partition coefficient (Wildman–Crippen LogP) is 2.83. The van der Waals surface area contributed by atoms with Gasteiger partial charge in [0, 0.05) is 30.3 Å². The largest absolute Gasteiger partial charge is 0.370 e. The zero-order valence-corrected chi connectivity index (χ0v) is 17.3. The van der Waals surface area contributed by atoms with Gasteiger partial charge in [-0.05, 0) is 37.1 Å². The fourth-order valence-electron chi connectivity index (χ4n) is 3.86. The fourth-order valence-corrected chi connectivity index (χ4v) is 4.97. The van der Waals surface area contributed by atoms with Gasteiger partial charge >= 0.3 is 0 Å². The molecule has 2 aliphatic heterocycles. The van der Waals surface area contributed by atoms with E-state index in [2.05, 4.69) is 15.5 Å². The Kier molecular flexibility index (Phi) is 5.94. The molecule has 2 aromatic rings. The Morgan fingerprint density at radius 3 is 2.57 bits per heavy atom. The number of amides is 3. The molecule has 7 nitrogen and oxygen atoms in total. The van der Waals surface area contributed by atoms with E-state index >= 15 is 0 Å². The van der Waals surface area contributed by atoms with Gasteiger partial charge in [-0.15, -0.1) is 11.8 Å². The van der Waals surface area contributed by atoms with E-state index in [1.54, 1.807) is 0 Å². The third-order valence-electron chi connectivity index (χ3n) is 5.49. The third kappa shape index (κ3) is 4.43. The standard InChI is InChI=1S/C22H24N4O3S/c23-21(28)14-9-11-26(12-10-14)17-7-3-1-5-15(17)24-20(27)13-19-22(29)25-16-6-2-4-8-18(16)30-19/h1-8,14,19H,9-13H2,(H2,23,28)(H,24,27)(H,25,29). The lowest BCUT2D eigenvalue weighted by Gasteiger charge is -2.33. The molecule has 156 valence electrons. The van der Waals surface area contributed by atoms with E-state index in [1.165, 1.54) is 11.8 Å². The summed E-state index contributed by atoms with van der Waals surface area (Å²) in [7, 11) is 0. The Balaban J connectivity index is 1.41. The number of fused-ring (bicyclic) bond motifs is 1. The van der Waals surface area contributed by atoms with Crippen LogP contribution in [0, 0.1) is 5.92 Å². The van der Waals surface area contributed by atoms with E-state index in [0.717, 1.165) is 16.3 Å². The number of thioether (sulfide) groups is 1. The van der Waals surface area contributed by atoms with Gasteiger partial charge in [-0.2, -0.15) is 0 Å². The number of anilines is 3. The lowest BCUT2D eigenvalue weighted by molar-refractivity contribution is -0.122. The first-order chi connectivity index (χ1) is 14.5. The van der Waals surface area contributed by atoms with Gasteiger partial charge in [-0.1, -0.05) is 24.3 Å². The number of piperidine rings is 1. The Labute approximate surface area is 179 Å². The average Bonchev–Trinajstić information content (AvgIpc) is 2.75. The molecular formula is C22H24N4O3S. The molecule has 0 radical (unpaired) electrons. The molecule has 4 N–H and O–H groups in total. The summed E-state index contributed by atoms with van der Waals surface area (Å²) in [4.78, 5) is 39.7. The van der Waals surface area contributed by atoms with Crippen molar-refractivity contribution in [1.29, 1.82) is 0 Å². The first kappa shape index (κ1) is 20.3. The third-order valence-corrected chi connectivity index (χ3v) is 6.77. The highest BCUT2D eigenvalue weighted by Gasteiger charge is 2.29. The second-order valence-electron chi connectivity index (χ2n) is 7.53. The minimum atomic E-state index is -0.474. The fraction of sp³-hybridized carbons (Fsp3) is 0.318. The molecule has 0 aliphatic carbocycles. The Morgan fingerprint density at radius 2 is 1.80 bits per heavy atom. The van der Waals surface area contributed by atoms with Crippen molar-refractivity contribution in [1.82, 2.24) is 0 Å². The lowest BCUT2D eigenvalue weighted by Crippen LogP contribution is -2.39. The summed E-state index contributed by atoms with van der Waals surface area (Å²) in [5, 5.41) is 5.36. The number of nitrogens with one attached hydrogen (secondary N) is 2. The van der Waals surface area contributed by atoms with Gasteiger partial charge in [0.15, 0.2) is 0 Å². The van der Waals surface area contributed by atoms with Crippen molar-refractivity contribution in [2.75, 3.05) is 28.6 Å². The normalized spacial score (nSPS) is 19.0. The van der Waals surface area contributed by atoms with Crippen LogP contribution in [-0.4, -0.2) is 36.1 Å². The van der Waals surface area contributed by atoms with Crippen LogP contribution < -0.4 is 21.3 Å². The molecule has 4 rings (SSSR count). The summed E-state index contributed by atoms with van der Waals surface area (Å²) in [6, 6.07) is 15.2. The van der Waals surface area contributed by atoms with Crippen LogP contribution in [0.4, 0.5) is 17.1 Å². The Bertz CT molecular complexity index is 972. The number of nitrogens with zero attached hydrogens (tertiary/aromatic N) is 1. The van der Waals surface area contributed by atoms with Gasteiger partial charge in [0.05, 0.1) is 22.3 Å². The van der Waals surface area contributed by atoms with E-state index in [4.69, 9.17) is 5.73 Å². The number of benzene rings is 2. The smallest absolute Gasteiger partial charge is 0.238 e. The van der Waals surface area contributed by atoms with Gasteiger partial charge in [-0.3, -0.25) is 14.4 Å². The monoisotopic (exact) mass is 424 g/mol. The minimum absolute atomic E-state index is 0.0862. The highest BCUT2D eigenvalue weighted by molar-refractivity contribution is 8.01. The highest BCUT2D eigenvalue weighted by atomic mass is 32.2. The summed E-state index contributed by atoms with van der Waals surface area (Å²) < 4.78 is 0. The molecule has 8 heteroatoms. The van der Waals surface area contributed by atoms with Gasteiger partial charge in [0.1, 0.15) is 0 Å². The molecule has 1 fully saturated rings. The van der Waals surface area contributed by atoms with Crippen molar-refractivity contribution in [3.05, 3.63) is 48.5 Å². The highest BCUT2D eigenvalue weighted by Crippen LogP contribution is 2.37. The molecule has 0 aromatic heterocycles. The maximum atomic E-state index is 12.7. The first-order valence-electron chi connectivity index (χ1n) is 10.0. The molecule has 1 saturated heterocycles. The van der Waals surface area contributed by atoms with Crippen molar-refractivity contribution < 1.29 is 14.4 Å². The van der Waals surface area contributed by atoms with Crippen LogP contribution in [0.2, 0.25) is 0 Å². The Hall–Kier alpha value is -3.00. The number of rotatable bonds is 5. The van der Waals surface area contributed by atoms with Crippen molar-refractivity contribution >= 4 is 46.5 Å². The van der Waals surface area contributed by atoms with Crippen molar-refractivity contribution in [2.45, 2.75) is 29.4 Å². The average molecular weight is 425 g/mol. The molecule has 0 bridgehead atoms. The van der Waals surface area contributed by atoms with Crippen LogP contribution in [0.3, 0.4) is 0 Å². The molecule has 1 unspecified atom stereocenters. The van der Waals surface area contributed by atoms with Crippen molar-refractivity contribution in [2.24, 2.45) is 11.7 Å². The molecule has 2 aliphatic rings. The molecule has 0 spiro atoms. The van der Waals surface area contributed by atoms with E-state index in [1.807, 2.05) is 48.5 Å². The molecule has 1 atom stereocenters. The first-order valence-corrected chi connectivity index (χ1v) is 10.9. The molecule has 30 heavy (non-hydrogen) atoms. The Morgan fingerprint density at radius 1 is 1.10 bits per heavy atom. The van der Waals surface area contributed by atoms with Gasteiger partial charge < -0.3 is 21.3 Å². The van der Waals surface area contributed by atoms with E-state index in [0.29, 0.717) is 31.6 Å². The summed E-state index contributed by atoms with van der Waals surface area (Å²) in [5.74, 6) is -0.703.